The second-order valence-electron chi connectivity index (χ2n) is 3.91. The third-order valence-corrected chi connectivity index (χ3v) is 2.61. The van der Waals surface area contributed by atoms with Crippen LogP contribution in [0.3, 0.4) is 0 Å². The lowest BCUT2D eigenvalue weighted by Crippen LogP contribution is -2.15. The van der Waals surface area contributed by atoms with Gasteiger partial charge in [0.05, 0.1) is 11.7 Å². The third kappa shape index (κ3) is 4.36. The highest BCUT2D eigenvalue weighted by molar-refractivity contribution is 6.31. The van der Waals surface area contributed by atoms with Crippen LogP contribution in [0.5, 0.6) is 5.75 Å². The van der Waals surface area contributed by atoms with Crippen LogP contribution in [0.1, 0.15) is 30.6 Å². The van der Waals surface area contributed by atoms with Gasteiger partial charge in [-0.2, -0.15) is 0 Å². The number of hydrogen-bond acceptors (Lipinski definition) is 3. The standard InChI is InChI=1S/C13H17ClO3/c1-9(6-7-16-3)17-13-5-4-11(14)8-12(13)10(2)15/h4-5,8-9H,6-7H2,1-3H3. The van der Waals surface area contributed by atoms with Crippen LogP contribution < -0.4 is 4.74 Å². The Labute approximate surface area is 107 Å². The van der Waals surface area contributed by atoms with Crippen LogP contribution in [0, 0.1) is 0 Å². The van der Waals surface area contributed by atoms with E-state index < -0.39 is 0 Å². The molecule has 1 aromatic carbocycles. The summed E-state index contributed by atoms with van der Waals surface area (Å²) in [6.07, 6.45) is 0.769. The molecule has 1 atom stereocenters. The molecule has 0 aliphatic heterocycles. The molecule has 0 N–H and O–H groups in total. The second kappa shape index (κ2) is 6.62. The van der Waals surface area contributed by atoms with E-state index in [0.717, 1.165) is 6.42 Å². The lowest BCUT2D eigenvalue weighted by Gasteiger charge is -2.16. The van der Waals surface area contributed by atoms with Crippen molar-refractivity contribution in [3.8, 4) is 5.75 Å². The number of carbonyl (C=O) groups is 1. The molecule has 0 aromatic heterocycles. The zero-order chi connectivity index (χ0) is 12.8. The van der Waals surface area contributed by atoms with Crippen molar-refractivity contribution < 1.29 is 14.3 Å². The third-order valence-electron chi connectivity index (χ3n) is 2.38. The van der Waals surface area contributed by atoms with Gasteiger partial charge in [-0.3, -0.25) is 4.79 Å². The Balaban J connectivity index is 2.79. The van der Waals surface area contributed by atoms with Crippen LogP contribution in [-0.2, 0) is 4.74 Å². The lowest BCUT2D eigenvalue weighted by molar-refractivity contribution is 0.100. The van der Waals surface area contributed by atoms with Gasteiger partial charge in [-0.15, -0.1) is 0 Å². The van der Waals surface area contributed by atoms with Gasteiger partial charge in [0.25, 0.3) is 0 Å². The Morgan fingerprint density at radius 2 is 2.18 bits per heavy atom. The average molecular weight is 257 g/mol. The first-order valence-electron chi connectivity index (χ1n) is 5.50. The Morgan fingerprint density at radius 1 is 1.47 bits per heavy atom. The summed E-state index contributed by atoms with van der Waals surface area (Å²) in [5.74, 6) is 0.520. The molecule has 0 heterocycles. The number of hydrogen-bond donors (Lipinski definition) is 0. The number of benzene rings is 1. The van der Waals surface area contributed by atoms with Gasteiger partial charge >= 0.3 is 0 Å². The van der Waals surface area contributed by atoms with Crippen molar-refractivity contribution in [2.75, 3.05) is 13.7 Å². The molecule has 1 aromatic rings. The first-order valence-corrected chi connectivity index (χ1v) is 5.88. The predicted octanol–water partition coefficient (Wildman–Crippen LogP) is 3.35. The predicted molar refractivity (Wildman–Crippen MR) is 68.0 cm³/mol. The number of Topliss-reactive ketones (excluding diaryl/α,β-unsaturated/α-hetero) is 1. The van der Waals surface area contributed by atoms with Crippen LogP contribution in [0.25, 0.3) is 0 Å². The zero-order valence-corrected chi connectivity index (χ0v) is 11.1. The summed E-state index contributed by atoms with van der Waals surface area (Å²) in [5, 5.41) is 0.534. The SMILES string of the molecule is COCCC(C)Oc1ccc(Cl)cc1C(C)=O. The summed E-state index contributed by atoms with van der Waals surface area (Å²) in [6, 6.07) is 5.07. The fourth-order valence-corrected chi connectivity index (χ4v) is 1.61. The Bertz CT molecular complexity index is 390. The first kappa shape index (κ1) is 14.0. The molecular formula is C13H17ClO3. The summed E-state index contributed by atoms with van der Waals surface area (Å²) < 4.78 is 10.7. The van der Waals surface area contributed by atoms with Crippen molar-refractivity contribution in [1.29, 1.82) is 0 Å². The number of carbonyl (C=O) groups excluding carboxylic acids is 1. The smallest absolute Gasteiger partial charge is 0.163 e. The van der Waals surface area contributed by atoms with Crippen molar-refractivity contribution in [2.24, 2.45) is 0 Å². The monoisotopic (exact) mass is 256 g/mol. The molecule has 0 radical (unpaired) electrons. The van der Waals surface area contributed by atoms with Gasteiger partial charge in [-0.1, -0.05) is 11.6 Å². The molecule has 1 rings (SSSR count). The van der Waals surface area contributed by atoms with Crippen LogP contribution in [0.2, 0.25) is 5.02 Å². The molecular weight excluding hydrogens is 240 g/mol. The number of ketones is 1. The van der Waals surface area contributed by atoms with Gasteiger partial charge in [0.1, 0.15) is 5.75 Å². The molecule has 0 aliphatic rings. The lowest BCUT2D eigenvalue weighted by atomic mass is 10.1. The number of halogens is 1. The van der Waals surface area contributed by atoms with E-state index in [1.54, 1.807) is 25.3 Å². The molecule has 0 spiro atoms. The van der Waals surface area contributed by atoms with E-state index in [9.17, 15) is 4.79 Å². The molecule has 0 amide bonds. The number of rotatable bonds is 6. The van der Waals surface area contributed by atoms with Crippen molar-refractivity contribution in [3.05, 3.63) is 28.8 Å². The quantitative estimate of drug-likeness (QED) is 0.733. The minimum Gasteiger partial charge on any atom is -0.490 e. The summed E-state index contributed by atoms with van der Waals surface area (Å²) in [7, 11) is 1.65. The summed E-state index contributed by atoms with van der Waals surface area (Å²) in [4.78, 5) is 11.5. The maximum absolute atomic E-state index is 11.5. The van der Waals surface area contributed by atoms with Gasteiger partial charge in [-0.05, 0) is 32.0 Å². The maximum Gasteiger partial charge on any atom is 0.163 e. The normalized spacial score (nSPS) is 12.2. The van der Waals surface area contributed by atoms with Gasteiger partial charge in [0.2, 0.25) is 0 Å². The molecule has 0 saturated carbocycles. The highest BCUT2D eigenvalue weighted by atomic mass is 35.5. The molecule has 4 heteroatoms. The minimum atomic E-state index is -0.0542. The highest BCUT2D eigenvalue weighted by Crippen LogP contribution is 2.24. The summed E-state index contributed by atoms with van der Waals surface area (Å²) in [6.45, 7) is 4.07. The van der Waals surface area contributed by atoms with Crippen LogP contribution in [-0.4, -0.2) is 25.6 Å². The minimum absolute atomic E-state index is 0.00535. The zero-order valence-electron chi connectivity index (χ0n) is 10.3. The van der Waals surface area contributed by atoms with E-state index in [0.29, 0.717) is 22.9 Å². The van der Waals surface area contributed by atoms with Crippen LogP contribution in [0.4, 0.5) is 0 Å². The van der Waals surface area contributed by atoms with Gasteiger partial charge in [0, 0.05) is 25.2 Å². The molecule has 17 heavy (non-hydrogen) atoms. The molecule has 94 valence electrons. The molecule has 0 saturated heterocycles. The van der Waals surface area contributed by atoms with Gasteiger partial charge < -0.3 is 9.47 Å². The summed E-state index contributed by atoms with van der Waals surface area (Å²) in [5.41, 5.74) is 0.516. The second-order valence-corrected chi connectivity index (χ2v) is 4.34. The van der Waals surface area contributed by atoms with Gasteiger partial charge in [-0.25, -0.2) is 0 Å². The largest absolute Gasteiger partial charge is 0.490 e. The van der Waals surface area contributed by atoms with Crippen molar-refractivity contribution in [1.82, 2.24) is 0 Å². The van der Waals surface area contributed by atoms with Gasteiger partial charge in [0.15, 0.2) is 5.78 Å². The summed E-state index contributed by atoms with van der Waals surface area (Å²) >= 11 is 5.85. The van der Waals surface area contributed by atoms with Crippen molar-refractivity contribution in [2.45, 2.75) is 26.4 Å². The highest BCUT2D eigenvalue weighted by Gasteiger charge is 2.12. The molecule has 0 bridgehead atoms. The van der Waals surface area contributed by atoms with E-state index in [1.165, 1.54) is 6.92 Å². The Morgan fingerprint density at radius 3 is 2.76 bits per heavy atom. The molecule has 0 aliphatic carbocycles. The van der Waals surface area contributed by atoms with E-state index >= 15 is 0 Å². The number of ether oxygens (including phenoxy) is 2. The molecule has 1 unspecified atom stereocenters. The fraction of sp³-hybridized carbons (Fsp3) is 0.462. The first-order chi connectivity index (χ1) is 8.04. The Kier molecular flexibility index (Phi) is 5.45. The molecule has 0 fully saturated rings. The fourth-order valence-electron chi connectivity index (χ4n) is 1.44. The maximum atomic E-state index is 11.5. The Hall–Kier alpha value is -1.06. The van der Waals surface area contributed by atoms with Crippen LogP contribution in [0.15, 0.2) is 18.2 Å². The van der Waals surface area contributed by atoms with E-state index in [1.807, 2.05) is 6.92 Å². The van der Waals surface area contributed by atoms with Crippen molar-refractivity contribution in [3.63, 3.8) is 0 Å². The van der Waals surface area contributed by atoms with E-state index in [4.69, 9.17) is 21.1 Å². The number of methoxy groups -OCH3 is 1. The molecule has 3 nitrogen and oxygen atoms in total. The topological polar surface area (TPSA) is 35.5 Å². The van der Waals surface area contributed by atoms with Crippen LogP contribution >= 0.6 is 11.6 Å². The van der Waals surface area contributed by atoms with Crippen molar-refractivity contribution >= 4 is 17.4 Å². The van der Waals surface area contributed by atoms with E-state index in [-0.39, 0.29) is 11.9 Å². The average Bonchev–Trinajstić information content (AvgIpc) is 2.28. The van der Waals surface area contributed by atoms with E-state index in [2.05, 4.69) is 0 Å².